The third kappa shape index (κ3) is 4.12. The Hall–Kier alpha value is -4.85. The van der Waals surface area contributed by atoms with Crippen LogP contribution >= 0.6 is 0 Å². The van der Waals surface area contributed by atoms with E-state index in [9.17, 15) is 18.4 Å². The molecule has 0 saturated heterocycles. The van der Waals surface area contributed by atoms with Crippen molar-refractivity contribution in [1.82, 2.24) is 9.80 Å². The molecule has 0 aromatic heterocycles. The number of benzene rings is 4. The van der Waals surface area contributed by atoms with Crippen molar-refractivity contribution in [3.63, 3.8) is 0 Å². The minimum absolute atomic E-state index is 0.0297. The molecule has 1 unspecified atom stereocenters. The average Bonchev–Trinajstić information content (AvgIpc) is 3.52. The third-order valence-electron chi connectivity index (χ3n) is 7.71. The monoisotopic (exact) mass is 536 g/mol. The van der Waals surface area contributed by atoms with Gasteiger partial charge in [0.1, 0.15) is 11.6 Å². The van der Waals surface area contributed by atoms with Crippen LogP contribution in [0, 0.1) is 11.6 Å². The van der Waals surface area contributed by atoms with Crippen LogP contribution in [0.5, 0.6) is 0 Å². The molecule has 2 amide bonds. The lowest BCUT2D eigenvalue weighted by molar-refractivity contribution is -0.131. The minimum atomic E-state index is -1.62. The maximum Gasteiger partial charge on any atom is 0.267 e. The Morgan fingerprint density at radius 1 is 0.850 bits per heavy atom. The van der Waals surface area contributed by atoms with E-state index in [1.54, 1.807) is 30.0 Å². The molecule has 2 aliphatic heterocycles. The van der Waals surface area contributed by atoms with E-state index in [-0.39, 0.29) is 11.9 Å². The van der Waals surface area contributed by atoms with Gasteiger partial charge in [-0.05, 0) is 71.1 Å². The maximum absolute atomic E-state index is 14.2. The number of guanidine groups is 1. The first-order chi connectivity index (χ1) is 19.3. The number of fused-ring (bicyclic) bond motifs is 1. The van der Waals surface area contributed by atoms with E-state index >= 15 is 0 Å². The average molecular weight is 537 g/mol. The smallest absolute Gasteiger partial charge is 0.267 e. The van der Waals surface area contributed by atoms with Crippen LogP contribution in [0.25, 0.3) is 0 Å². The molecular formula is C32H26F2N4O2. The molecule has 200 valence electrons. The molecule has 0 aliphatic carbocycles. The van der Waals surface area contributed by atoms with Crippen LogP contribution in [0.2, 0.25) is 0 Å². The minimum Gasteiger partial charge on any atom is -0.369 e. The van der Waals surface area contributed by atoms with Gasteiger partial charge in [-0.3, -0.25) is 14.5 Å². The number of amides is 2. The molecule has 40 heavy (non-hydrogen) atoms. The summed E-state index contributed by atoms with van der Waals surface area (Å²) in [7, 11) is 0. The molecule has 1 atom stereocenters. The quantitative estimate of drug-likeness (QED) is 0.377. The standard InChI is InChI=1S/C32H26F2N4O2/c1-20(21-7-4-8-22(17-21)29(39)37-18-23-5-2-3-6-24(23)19-37)38-30(40)32(36-31(38)35,25-9-13-27(33)14-10-25)26-11-15-28(34)16-12-26/h2-17,20H,18-19H2,1H3,(H2,35,36). The van der Waals surface area contributed by atoms with Gasteiger partial charge in [-0.25, -0.2) is 13.8 Å². The second-order valence-corrected chi connectivity index (χ2v) is 10.1. The number of rotatable bonds is 5. The molecule has 2 aliphatic rings. The van der Waals surface area contributed by atoms with Gasteiger partial charge in [0.15, 0.2) is 11.5 Å². The van der Waals surface area contributed by atoms with Crippen molar-refractivity contribution in [2.45, 2.75) is 31.6 Å². The molecule has 2 heterocycles. The van der Waals surface area contributed by atoms with Crippen molar-refractivity contribution in [2.24, 2.45) is 10.7 Å². The van der Waals surface area contributed by atoms with Crippen LogP contribution in [-0.4, -0.2) is 27.6 Å². The second-order valence-electron chi connectivity index (χ2n) is 10.1. The summed E-state index contributed by atoms with van der Waals surface area (Å²) in [5.74, 6) is -1.52. The number of aliphatic imine (C=N–C) groups is 1. The Kier molecular flexibility index (Phi) is 6.18. The van der Waals surface area contributed by atoms with Crippen LogP contribution in [0.3, 0.4) is 0 Å². The highest BCUT2D eigenvalue weighted by Gasteiger charge is 2.52. The Bertz CT molecular complexity index is 1580. The van der Waals surface area contributed by atoms with Gasteiger partial charge in [-0.1, -0.05) is 60.7 Å². The van der Waals surface area contributed by atoms with E-state index in [0.717, 1.165) is 11.1 Å². The molecular weight excluding hydrogens is 510 g/mol. The van der Waals surface area contributed by atoms with Crippen LogP contribution in [0.4, 0.5) is 8.78 Å². The van der Waals surface area contributed by atoms with Gasteiger partial charge < -0.3 is 10.6 Å². The Labute approximate surface area is 230 Å². The molecule has 0 spiro atoms. The van der Waals surface area contributed by atoms with Gasteiger partial charge in [0, 0.05) is 18.7 Å². The predicted molar refractivity (Wildman–Crippen MR) is 147 cm³/mol. The molecule has 4 aromatic carbocycles. The number of carbonyl (C=O) groups excluding carboxylic acids is 2. The van der Waals surface area contributed by atoms with Crippen molar-refractivity contribution >= 4 is 17.8 Å². The number of nitrogens with two attached hydrogens (primary N) is 1. The Morgan fingerprint density at radius 3 is 1.95 bits per heavy atom. The number of hydrogen-bond acceptors (Lipinski definition) is 4. The molecule has 0 saturated carbocycles. The van der Waals surface area contributed by atoms with Crippen molar-refractivity contribution in [2.75, 3.05) is 0 Å². The highest BCUT2D eigenvalue weighted by Crippen LogP contribution is 2.42. The first kappa shape index (κ1) is 25.4. The molecule has 6 nitrogen and oxygen atoms in total. The lowest BCUT2D eigenvalue weighted by atomic mass is 9.82. The number of halogens is 2. The van der Waals surface area contributed by atoms with Gasteiger partial charge in [0.25, 0.3) is 11.8 Å². The normalized spacial score (nSPS) is 16.6. The van der Waals surface area contributed by atoms with Crippen LogP contribution < -0.4 is 5.73 Å². The van der Waals surface area contributed by atoms with Crippen molar-refractivity contribution in [1.29, 1.82) is 0 Å². The number of hydrogen-bond donors (Lipinski definition) is 1. The highest BCUT2D eigenvalue weighted by atomic mass is 19.1. The molecule has 4 aromatic rings. The van der Waals surface area contributed by atoms with E-state index in [2.05, 4.69) is 4.99 Å². The zero-order valence-corrected chi connectivity index (χ0v) is 21.7. The van der Waals surface area contributed by atoms with Crippen LogP contribution in [0.1, 0.15) is 51.1 Å². The van der Waals surface area contributed by atoms with Gasteiger partial charge >= 0.3 is 0 Å². The molecule has 0 fully saturated rings. The van der Waals surface area contributed by atoms with Crippen LogP contribution in [0.15, 0.2) is 102 Å². The predicted octanol–water partition coefficient (Wildman–Crippen LogP) is 5.28. The molecule has 8 heteroatoms. The van der Waals surface area contributed by atoms with Gasteiger partial charge in [-0.2, -0.15) is 0 Å². The fraction of sp³-hybridized carbons (Fsp3) is 0.156. The fourth-order valence-electron chi connectivity index (χ4n) is 5.59. The summed E-state index contributed by atoms with van der Waals surface area (Å²) in [6.45, 7) is 2.88. The molecule has 0 bridgehead atoms. The molecule has 2 N–H and O–H groups in total. The summed E-state index contributed by atoms with van der Waals surface area (Å²) in [6.07, 6.45) is 0. The number of nitrogens with zero attached hydrogens (tertiary/aromatic N) is 3. The van der Waals surface area contributed by atoms with Crippen molar-refractivity contribution < 1.29 is 18.4 Å². The largest absolute Gasteiger partial charge is 0.369 e. The Morgan fingerprint density at radius 2 is 1.40 bits per heavy atom. The summed E-state index contributed by atoms with van der Waals surface area (Å²) < 4.78 is 27.6. The Balaban J connectivity index is 1.33. The van der Waals surface area contributed by atoms with Gasteiger partial charge in [-0.15, -0.1) is 0 Å². The summed E-state index contributed by atoms with van der Waals surface area (Å²) >= 11 is 0. The van der Waals surface area contributed by atoms with Gasteiger partial charge in [0.2, 0.25) is 0 Å². The topological polar surface area (TPSA) is 79.0 Å². The summed E-state index contributed by atoms with van der Waals surface area (Å²) in [6, 6.07) is 25.4. The highest BCUT2D eigenvalue weighted by molar-refractivity contribution is 6.09. The summed E-state index contributed by atoms with van der Waals surface area (Å²) in [4.78, 5) is 35.4. The number of carbonyl (C=O) groups is 2. The molecule has 6 rings (SSSR count). The first-order valence-electron chi connectivity index (χ1n) is 12.9. The van der Waals surface area contributed by atoms with Crippen LogP contribution in [-0.2, 0) is 23.4 Å². The van der Waals surface area contributed by atoms with E-state index in [0.29, 0.717) is 35.3 Å². The second kappa shape index (κ2) is 9.72. The van der Waals surface area contributed by atoms with E-state index < -0.39 is 29.1 Å². The van der Waals surface area contributed by atoms with E-state index in [4.69, 9.17) is 5.73 Å². The molecule has 0 radical (unpaired) electrons. The summed E-state index contributed by atoms with van der Waals surface area (Å²) in [5, 5.41) is 0. The van der Waals surface area contributed by atoms with E-state index in [1.165, 1.54) is 53.4 Å². The third-order valence-corrected chi connectivity index (χ3v) is 7.71. The zero-order chi connectivity index (χ0) is 28.0. The summed E-state index contributed by atoms with van der Waals surface area (Å²) in [5.41, 5.74) is 9.04. The zero-order valence-electron chi connectivity index (χ0n) is 21.7. The SMILES string of the molecule is CC(c1cccc(C(=O)N2Cc3ccccc3C2)c1)N1C(=O)C(c2ccc(F)cc2)(c2ccc(F)cc2)N=C1N. The maximum atomic E-state index is 14.2. The van der Waals surface area contributed by atoms with E-state index in [1.807, 2.05) is 30.3 Å². The lowest BCUT2D eigenvalue weighted by Gasteiger charge is -2.30. The van der Waals surface area contributed by atoms with Crippen molar-refractivity contribution in [3.8, 4) is 0 Å². The van der Waals surface area contributed by atoms with Gasteiger partial charge in [0.05, 0.1) is 6.04 Å². The first-order valence-corrected chi connectivity index (χ1v) is 12.9. The fourth-order valence-corrected chi connectivity index (χ4v) is 5.59. The van der Waals surface area contributed by atoms with Crippen molar-refractivity contribution in [3.05, 3.63) is 142 Å². The lowest BCUT2D eigenvalue weighted by Crippen LogP contribution is -2.44.